The average Bonchev–Trinajstić information content (AvgIpc) is 4.23. The Morgan fingerprint density at radius 2 is 1.27 bits per heavy atom. The highest BCUT2D eigenvalue weighted by molar-refractivity contribution is 5.80. The van der Waals surface area contributed by atoms with Crippen molar-refractivity contribution < 1.29 is 18.3 Å². The van der Waals surface area contributed by atoms with Crippen LogP contribution >= 0.6 is 0 Å². The highest BCUT2D eigenvalue weighted by Crippen LogP contribution is 2.34. The van der Waals surface area contributed by atoms with Gasteiger partial charge in [0.2, 0.25) is 11.9 Å². The first kappa shape index (κ1) is 41.8. The third kappa shape index (κ3) is 8.00. The number of benzene rings is 4. The van der Waals surface area contributed by atoms with Crippen molar-refractivity contribution >= 4 is 23.2 Å². The molecule has 4 aliphatic rings. The predicted molar refractivity (Wildman–Crippen MR) is 248 cm³/mol. The van der Waals surface area contributed by atoms with Gasteiger partial charge in [-0.2, -0.15) is 10.5 Å². The molecule has 0 saturated carbocycles. The van der Waals surface area contributed by atoms with Crippen molar-refractivity contribution in [2.24, 2.45) is 0 Å². The molecular weight excluding hydrogens is 851 g/mol. The van der Waals surface area contributed by atoms with Crippen molar-refractivity contribution in [3.05, 3.63) is 153 Å². The largest absolute Gasteiger partial charge is 0.493 e. The zero-order valence-corrected chi connectivity index (χ0v) is 36.4. The lowest BCUT2D eigenvalue weighted by Crippen LogP contribution is -2.23. The summed E-state index contributed by atoms with van der Waals surface area (Å²) in [4.78, 5) is 18.3. The molecule has 4 N–H and O–H groups in total. The number of ether oxygens (including phenoxy) is 2. The third-order valence-corrected chi connectivity index (χ3v) is 13.0. The second-order valence-corrected chi connectivity index (χ2v) is 16.9. The highest BCUT2D eigenvalue weighted by Gasteiger charge is 2.23. The number of fused-ring (bicyclic) bond motifs is 5. The summed E-state index contributed by atoms with van der Waals surface area (Å²) < 4.78 is 43.8. The van der Waals surface area contributed by atoms with Crippen molar-refractivity contribution in [3.8, 4) is 45.9 Å². The van der Waals surface area contributed by atoms with E-state index in [1.165, 1.54) is 35.2 Å². The monoisotopic (exact) mass is 894 g/mol. The fourth-order valence-electron chi connectivity index (χ4n) is 9.59. The van der Waals surface area contributed by atoms with Crippen molar-refractivity contribution in [1.29, 1.82) is 10.5 Å². The van der Waals surface area contributed by atoms with Gasteiger partial charge < -0.3 is 30.7 Å². The number of nitrogens with one attached hydrogen (secondary N) is 4. The molecule has 0 aliphatic carbocycles. The van der Waals surface area contributed by atoms with Gasteiger partial charge in [0.15, 0.2) is 22.7 Å². The Hall–Kier alpha value is -7.92. The maximum Gasteiger partial charge on any atom is 0.208 e. The number of imidazole rings is 2. The molecule has 1 atom stereocenters. The lowest BCUT2D eigenvalue weighted by atomic mass is 9.96. The summed E-state index contributed by atoms with van der Waals surface area (Å²) in [5.74, 6) is 1.92. The van der Waals surface area contributed by atoms with Gasteiger partial charge in [0.05, 0.1) is 25.6 Å². The van der Waals surface area contributed by atoms with Crippen molar-refractivity contribution in [3.63, 3.8) is 0 Å². The maximum absolute atomic E-state index is 14.6. The molecule has 1 saturated heterocycles. The first-order valence-electron chi connectivity index (χ1n) is 22.5. The summed E-state index contributed by atoms with van der Waals surface area (Å²) in [5.41, 5.74) is 12.4. The van der Waals surface area contributed by atoms with Crippen LogP contribution in [-0.4, -0.2) is 55.0 Å². The van der Waals surface area contributed by atoms with E-state index < -0.39 is 0 Å². The van der Waals surface area contributed by atoms with Gasteiger partial charge in [-0.1, -0.05) is 42.5 Å². The number of nitriles is 2. The van der Waals surface area contributed by atoms with Gasteiger partial charge in [-0.25, -0.2) is 28.7 Å². The van der Waals surface area contributed by atoms with Gasteiger partial charge >= 0.3 is 0 Å². The van der Waals surface area contributed by atoms with Gasteiger partial charge in [0.1, 0.15) is 35.3 Å². The zero-order valence-electron chi connectivity index (χ0n) is 36.4. The Morgan fingerprint density at radius 3 is 1.84 bits per heavy atom. The molecule has 1 unspecified atom stereocenters. The minimum absolute atomic E-state index is 0.253. The Labute approximate surface area is 384 Å². The van der Waals surface area contributed by atoms with E-state index in [4.69, 9.17) is 9.47 Å². The molecule has 4 aliphatic heterocycles. The molecule has 1 fully saturated rings. The van der Waals surface area contributed by atoms with Gasteiger partial charge in [0, 0.05) is 84.3 Å². The number of hydrogen-bond acceptors (Lipinski definition) is 12. The van der Waals surface area contributed by atoms with E-state index in [0.717, 1.165) is 77.4 Å². The number of anilines is 2. The van der Waals surface area contributed by atoms with E-state index >= 15 is 0 Å². The van der Waals surface area contributed by atoms with E-state index in [1.54, 1.807) is 45.7 Å². The third-order valence-electron chi connectivity index (χ3n) is 13.0. The predicted octanol–water partition coefficient (Wildman–Crippen LogP) is 7.98. The molecule has 8 heterocycles. The number of rotatable bonds is 9. The Balaban J connectivity index is 0.000000148. The molecule has 14 nitrogen and oxygen atoms in total. The smallest absolute Gasteiger partial charge is 0.208 e. The topological polar surface area (TPSA) is 175 Å². The Morgan fingerprint density at radius 1 is 0.687 bits per heavy atom. The number of halogens is 2. The second kappa shape index (κ2) is 17.8. The highest BCUT2D eigenvalue weighted by atomic mass is 19.1. The van der Waals surface area contributed by atoms with E-state index in [-0.39, 0.29) is 24.7 Å². The summed E-state index contributed by atoms with van der Waals surface area (Å²) in [6, 6.07) is 25.7. The van der Waals surface area contributed by atoms with Gasteiger partial charge in [0.25, 0.3) is 0 Å². The Kier molecular flexibility index (Phi) is 11.1. The molecule has 8 aromatic rings. The molecule has 0 amide bonds. The second-order valence-electron chi connectivity index (χ2n) is 16.9. The van der Waals surface area contributed by atoms with E-state index in [2.05, 4.69) is 95.8 Å². The van der Waals surface area contributed by atoms with Gasteiger partial charge in [-0.05, 0) is 84.4 Å². The minimum atomic E-state index is -0.273. The average molecular weight is 895 g/mol. The SMILES string of the molecule is N#Cc1cn2c(NCc3c(F)ccc4c3CCO4)ncc(-c3ccc(C4CCCN4)cc3)c2n1.N#Cc1cn2c(NCc3c(F)ccc4c3CCO4)ncc(-c3ccc4c(c3)CCNC4)c2n1. The summed E-state index contributed by atoms with van der Waals surface area (Å²) in [5, 5.41) is 32.3. The lowest BCUT2D eigenvalue weighted by molar-refractivity contribution is 0.356. The standard InChI is InChI=1S/C26H23FN6O.C25H21FN6O/c27-22-7-8-24-19(9-11-34-24)21(22)14-31-26-30-13-20(25-32-18(12-28)15-33(25)26)16-3-5-17(6-4-16)23-2-1-10-29-23;26-22-3-4-23-19(6-8-33-23)21(22)13-30-25-29-12-20(24-31-18(10-27)14-32(24)25)16-1-2-17-11-28-7-5-15(17)9-16/h3-8,13,15,23,29H,1-2,9-11,14H2,(H,30,31);1-4,9,12,14,28H,5-8,11,13H2,(H,29,30). The van der Waals surface area contributed by atoms with Crippen LogP contribution in [0.4, 0.5) is 20.7 Å². The van der Waals surface area contributed by atoms with Gasteiger partial charge in [-0.3, -0.25) is 8.80 Å². The maximum atomic E-state index is 14.6. The van der Waals surface area contributed by atoms with Crippen molar-refractivity contribution in [1.82, 2.24) is 39.4 Å². The fraction of sp³-hybridized carbons (Fsp3) is 0.255. The molecule has 0 radical (unpaired) electrons. The molecule has 0 spiro atoms. The Bertz CT molecular complexity index is 3290. The van der Waals surface area contributed by atoms with E-state index in [0.29, 0.717) is 77.8 Å². The van der Waals surface area contributed by atoms with Crippen LogP contribution in [0, 0.1) is 34.3 Å². The van der Waals surface area contributed by atoms with Crippen LogP contribution in [-0.2, 0) is 38.9 Å². The van der Waals surface area contributed by atoms with E-state index in [9.17, 15) is 19.3 Å². The molecule has 4 aromatic heterocycles. The van der Waals surface area contributed by atoms with Crippen LogP contribution in [0.25, 0.3) is 33.5 Å². The minimum Gasteiger partial charge on any atom is -0.493 e. The lowest BCUT2D eigenvalue weighted by Gasteiger charge is -2.18. The van der Waals surface area contributed by atoms with Crippen LogP contribution in [0.5, 0.6) is 11.5 Å². The van der Waals surface area contributed by atoms with Crippen molar-refractivity contribution in [2.45, 2.75) is 57.8 Å². The van der Waals surface area contributed by atoms with Crippen LogP contribution in [0.2, 0.25) is 0 Å². The molecule has 16 heteroatoms. The van der Waals surface area contributed by atoms with Gasteiger partial charge in [-0.15, -0.1) is 0 Å². The molecule has 67 heavy (non-hydrogen) atoms. The summed E-state index contributed by atoms with van der Waals surface area (Å²) in [7, 11) is 0. The number of hydrogen-bond donors (Lipinski definition) is 4. The quantitative estimate of drug-likeness (QED) is 0.110. The number of nitrogens with zero attached hydrogens (tertiary/aromatic N) is 8. The van der Waals surface area contributed by atoms with E-state index in [1.807, 2.05) is 0 Å². The normalized spacial score (nSPS) is 15.7. The summed E-state index contributed by atoms with van der Waals surface area (Å²) >= 11 is 0. The fourth-order valence-corrected chi connectivity index (χ4v) is 9.59. The molecule has 334 valence electrons. The van der Waals surface area contributed by atoms with Crippen molar-refractivity contribution in [2.75, 3.05) is 36.9 Å². The number of aromatic nitrogens is 6. The zero-order chi connectivity index (χ0) is 45.4. The summed E-state index contributed by atoms with van der Waals surface area (Å²) in [6.45, 7) is 4.52. The van der Waals surface area contributed by atoms with Crippen LogP contribution < -0.4 is 30.7 Å². The molecule has 12 rings (SSSR count). The van der Waals surface area contributed by atoms with Crippen LogP contribution in [0.15, 0.2) is 91.5 Å². The first-order valence-corrected chi connectivity index (χ1v) is 22.5. The molecule has 0 bridgehead atoms. The van der Waals surface area contributed by atoms with Crippen LogP contribution in [0.1, 0.15) is 69.2 Å². The van der Waals surface area contributed by atoms with Crippen LogP contribution in [0.3, 0.4) is 0 Å². The molecule has 4 aromatic carbocycles. The summed E-state index contributed by atoms with van der Waals surface area (Å²) in [6.07, 6.45) is 11.5. The first-order chi connectivity index (χ1) is 32.9. The molecular formula is C51H44F2N12O2.